The van der Waals surface area contributed by atoms with Crippen LogP contribution in [0.15, 0.2) is 30.3 Å². The first-order valence-electron chi connectivity index (χ1n) is 6.49. The summed E-state index contributed by atoms with van der Waals surface area (Å²) in [7, 11) is 0. The van der Waals surface area contributed by atoms with E-state index in [9.17, 15) is 9.90 Å². The zero-order valence-electron chi connectivity index (χ0n) is 12.0. The van der Waals surface area contributed by atoms with E-state index in [-0.39, 0.29) is 18.6 Å². The van der Waals surface area contributed by atoms with Crippen molar-refractivity contribution in [3.8, 4) is 0 Å². The van der Waals surface area contributed by atoms with Gasteiger partial charge in [-0.05, 0) is 26.3 Å². The molecule has 0 fully saturated rings. The second kappa shape index (κ2) is 6.57. The number of ether oxygens (including phenoxy) is 1. The third-order valence-corrected chi connectivity index (χ3v) is 2.83. The topological polar surface area (TPSA) is 58.6 Å². The highest BCUT2D eigenvalue weighted by atomic mass is 16.6. The van der Waals surface area contributed by atoms with Crippen molar-refractivity contribution in [3.05, 3.63) is 35.9 Å². The molecule has 1 aromatic rings. The number of nitrogens with one attached hydrogen (secondary N) is 1. The summed E-state index contributed by atoms with van der Waals surface area (Å²) in [6.07, 6.45) is -0.505. The van der Waals surface area contributed by atoms with E-state index >= 15 is 0 Å². The van der Waals surface area contributed by atoms with E-state index in [1.54, 1.807) is 20.8 Å². The van der Waals surface area contributed by atoms with E-state index in [1.165, 1.54) is 0 Å². The zero-order chi connectivity index (χ0) is 14.5. The summed E-state index contributed by atoms with van der Waals surface area (Å²) in [4.78, 5) is 11.7. The molecule has 0 bridgehead atoms. The molecule has 2 N–H and O–H groups in total. The van der Waals surface area contributed by atoms with Gasteiger partial charge in [0.15, 0.2) is 0 Å². The number of hydrogen-bond donors (Lipinski definition) is 2. The summed E-state index contributed by atoms with van der Waals surface area (Å²) in [5.41, 5.74) is 0.526. The van der Waals surface area contributed by atoms with E-state index in [2.05, 4.69) is 5.32 Å². The van der Waals surface area contributed by atoms with Crippen molar-refractivity contribution in [2.24, 2.45) is 0 Å². The van der Waals surface area contributed by atoms with Gasteiger partial charge in [-0.2, -0.15) is 0 Å². The molecular formula is C15H23NO3. The monoisotopic (exact) mass is 265 g/mol. The van der Waals surface area contributed by atoms with Crippen LogP contribution in [-0.2, 0) is 4.74 Å². The zero-order valence-corrected chi connectivity index (χ0v) is 12.0. The van der Waals surface area contributed by atoms with Crippen LogP contribution in [-0.4, -0.2) is 29.4 Å². The van der Waals surface area contributed by atoms with Gasteiger partial charge >= 0.3 is 6.09 Å². The molecule has 0 radical (unpaired) electrons. The van der Waals surface area contributed by atoms with Crippen LogP contribution in [0.2, 0.25) is 0 Å². The van der Waals surface area contributed by atoms with E-state index in [0.29, 0.717) is 0 Å². The van der Waals surface area contributed by atoms with Crippen molar-refractivity contribution in [2.45, 2.75) is 45.3 Å². The molecule has 4 nitrogen and oxygen atoms in total. The average molecular weight is 265 g/mol. The van der Waals surface area contributed by atoms with Crippen LogP contribution in [0.5, 0.6) is 0 Å². The number of carbonyl (C=O) groups is 1. The summed E-state index contributed by atoms with van der Waals surface area (Å²) in [5, 5.41) is 12.1. The highest BCUT2D eigenvalue weighted by Gasteiger charge is 2.23. The number of amides is 1. The molecule has 0 saturated heterocycles. The Morgan fingerprint density at radius 3 is 2.37 bits per heavy atom. The van der Waals surface area contributed by atoms with Crippen molar-refractivity contribution < 1.29 is 14.6 Å². The number of benzene rings is 1. The maximum Gasteiger partial charge on any atom is 0.407 e. The first kappa shape index (κ1) is 15.5. The Kier molecular flexibility index (Phi) is 5.36. The molecule has 1 amide bonds. The average Bonchev–Trinajstić information content (AvgIpc) is 2.34. The largest absolute Gasteiger partial charge is 0.444 e. The minimum atomic E-state index is -0.542. The summed E-state index contributed by atoms with van der Waals surface area (Å²) in [5.74, 6) is 0.0127. The minimum Gasteiger partial charge on any atom is -0.444 e. The molecular weight excluding hydrogens is 242 g/mol. The van der Waals surface area contributed by atoms with Crippen LogP contribution >= 0.6 is 0 Å². The van der Waals surface area contributed by atoms with Crippen molar-refractivity contribution in [3.63, 3.8) is 0 Å². The second-order valence-electron chi connectivity index (χ2n) is 5.63. The van der Waals surface area contributed by atoms with Gasteiger partial charge in [-0.25, -0.2) is 4.79 Å². The molecule has 0 aromatic heterocycles. The molecule has 0 aliphatic rings. The van der Waals surface area contributed by atoms with Crippen molar-refractivity contribution in [1.82, 2.24) is 5.32 Å². The van der Waals surface area contributed by atoms with Gasteiger partial charge in [-0.1, -0.05) is 37.3 Å². The third-order valence-electron chi connectivity index (χ3n) is 2.83. The quantitative estimate of drug-likeness (QED) is 0.880. The molecule has 1 rings (SSSR count). The van der Waals surface area contributed by atoms with Gasteiger partial charge in [0.2, 0.25) is 0 Å². The lowest BCUT2D eigenvalue weighted by molar-refractivity contribution is 0.0473. The molecule has 2 atom stereocenters. The van der Waals surface area contributed by atoms with Gasteiger partial charge in [-0.3, -0.25) is 0 Å². The van der Waals surface area contributed by atoms with E-state index in [1.807, 2.05) is 37.3 Å². The molecule has 106 valence electrons. The van der Waals surface area contributed by atoms with Crippen LogP contribution in [0.3, 0.4) is 0 Å². The number of aliphatic hydroxyl groups excluding tert-OH is 1. The van der Waals surface area contributed by atoms with Gasteiger partial charge in [0.1, 0.15) is 5.60 Å². The standard InChI is InChI=1S/C15H23NO3/c1-11(12-8-6-5-7-9-12)13(10-17)16-14(18)19-15(2,3)4/h5-9,11,13,17H,10H2,1-4H3,(H,16,18)/t11-,13-/m0/s1. The SMILES string of the molecule is C[C@@H](c1ccccc1)[C@H](CO)NC(=O)OC(C)(C)C. The first-order chi connectivity index (χ1) is 8.83. The number of carbonyl (C=O) groups excluding carboxylic acids is 1. The molecule has 0 unspecified atom stereocenters. The fourth-order valence-electron chi connectivity index (χ4n) is 1.78. The van der Waals surface area contributed by atoms with Crippen LogP contribution in [0.1, 0.15) is 39.2 Å². The Morgan fingerprint density at radius 2 is 1.89 bits per heavy atom. The Bertz CT molecular complexity index is 398. The van der Waals surface area contributed by atoms with Gasteiger partial charge in [-0.15, -0.1) is 0 Å². The Hall–Kier alpha value is -1.55. The number of alkyl carbamates (subject to hydrolysis) is 1. The minimum absolute atomic E-state index is 0.0127. The third kappa shape index (κ3) is 5.30. The van der Waals surface area contributed by atoms with Crippen LogP contribution < -0.4 is 5.32 Å². The summed E-state index contributed by atoms with van der Waals surface area (Å²) in [6.45, 7) is 7.26. The smallest absolute Gasteiger partial charge is 0.407 e. The van der Waals surface area contributed by atoms with Crippen molar-refractivity contribution in [2.75, 3.05) is 6.61 Å². The molecule has 0 aliphatic heterocycles. The van der Waals surface area contributed by atoms with E-state index in [0.717, 1.165) is 5.56 Å². The highest BCUT2D eigenvalue weighted by molar-refractivity contribution is 5.68. The van der Waals surface area contributed by atoms with Gasteiger partial charge in [0.05, 0.1) is 12.6 Å². The number of rotatable bonds is 4. The molecule has 0 saturated carbocycles. The van der Waals surface area contributed by atoms with Crippen LogP contribution in [0, 0.1) is 0 Å². The van der Waals surface area contributed by atoms with Gasteiger partial charge < -0.3 is 15.2 Å². The lowest BCUT2D eigenvalue weighted by Crippen LogP contribution is -2.43. The van der Waals surface area contributed by atoms with Crippen molar-refractivity contribution >= 4 is 6.09 Å². The lowest BCUT2D eigenvalue weighted by atomic mass is 9.94. The maximum atomic E-state index is 11.7. The second-order valence-corrected chi connectivity index (χ2v) is 5.63. The van der Waals surface area contributed by atoms with E-state index in [4.69, 9.17) is 4.74 Å². The molecule has 0 heterocycles. The number of aliphatic hydroxyl groups is 1. The summed E-state index contributed by atoms with van der Waals surface area (Å²) >= 11 is 0. The maximum absolute atomic E-state index is 11.7. The van der Waals surface area contributed by atoms with E-state index < -0.39 is 11.7 Å². The molecule has 19 heavy (non-hydrogen) atoms. The number of hydrogen-bond acceptors (Lipinski definition) is 3. The van der Waals surface area contributed by atoms with Gasteiger partial charge in [0, 0.05) is 5.92 Å². The predicted octanol–water partition coefficient (Wildman–Crippen LogP) is 2.68. The molecule has 4 heteroatoms. The lowest BCUT2D eigenvalue weighted by Gasteiger charge is -2.26. The molecule has 0 spiro atoms. The van der Waals surface area contributed by atoms with Crippen LogP contribution in [0.4, 0.5) is 4.79 Å². The Morgan fingerprint density at radius 1 is 1.32 bits per heavy atom. The van der Waals surface area contributed by atoms with Crippen molar-refractivity contribution in [1.29, 1.82) is 0 Å². The van der Waals surface area contributed by atoms with Crippen LogP contribution in [0.25, 0.3) is 0 Å². The normalized spacial score (nSPS) is 14.6. The molecule has 0 aliphatic carbocycles. The summed E-state index contributed by atoms with van der Waals surface area (Å²) in [6, 6.07) is 9.40. The summed E-state index contributed by atoms with van der Waals surface area (Å²) < 4.78 is 5.19. The fourth-order valence-corrected chi connectivity index (χ4v) is 1.78. The highest BCUT2D eigenvalue weighted by Crippen LogP contribution is 2.19. The van der Waals surface area contributed by atoms with Gasteiger partial charge in [0.25, 0.3) is 0 Å². The first-order valence-corrected chi connectivity index (χ1v) is 6.49. The Labute approximate surface area is 114 Å². The predicted molar refractivity (Wildman–Crippen MR) is 75.1 cm³/mol. The Balaban J connectivity index is 2.66. The fraction of sp³-hybridized carbons (Fsp3) is 0.533. The molecule has 1 aromatic carbocycles.